The van der Waals surface area contributed by atoms with Gasteiger partial charge in [-0.25, -0.2) is 0 Å². The number of hydrogen-bond donors (Lipinski definition) is 0. The lowest BCUT2D eigenvalue weighted by atomic mass is 10.2. The molecule has 4 heterocycles. The third-order valence-electron chi connectivity index (χ3n) is 3.46. The van der Waals surface area contributed by atoms with Gasteiger partial charge in [0.05, 0.1) is 0 Å². The van der Waals surface area contributed by atoms with Crippen molar-refractivity contribution in [2.45, 2.75) is 10.4 Å². The lowest BCUT2D eigenvalue weighted by Crippen LogP contribution is -2.01. The molecule has 0 saturated carbocycles. The van der Waals surface area contributed by atoms with E-state index in [1.807, 2.05) is 29.1 Å². The van der Waals surface area contributed by atoms with Crippen LogP contribution in [0.2, 0.25) is 0 Å². The number of pyridine rings is 1. The fraction of sp³-hybridized carbons (Fsp3) is 0.133. The summed E-state index contributed by atoms with van der Waals surface area (Å²) in [6.45, 7) is 0. The second kappa shape index (κ2) is 6.54. The maximum atomic E-state index is 4.92. The van der Waals surface area contributed by atoms with Gasteiger partial charge >= 0.3 is 0 Å². The molecule has 0 aliphatic rings. The van der Waals surface area contributed by atoms with Gasteiger partial charge in [-0.05, 0) is 34.5 Å². The van der Waals surface area contributed by atoms with Gasteiger partial charge in [0, 0.05) is 25.0 Å². The van der Waals surface area contributed by atoms with E-state index in [4.69, 9.17) is 4.52 Å². The van der Waals surface area contributed by atoms with Crippen LogP contribution in [-0.2, 0) is 7.05 Å². The predicted molar refractivity (Wildman–Crippen MR) is 90.6 cm³/mol. The molecule has 0 spiro atoms. The molecule has 9 heteroatoms. The van der Waals surface area contributed by atoms with E-state index in [0.29, 0.717) is 5.82 Å². The third kappa shape index (κ3) is 2.83. The van der Waals surface area contributed by atoms with Gasteiger partial charge in [0.1, 0.15) is 5.25 Å². The Labute approximate surface area is 145 Å². The van der Waals surface area contributed by atoms with Gasteiger partial charge in [0.2, 0.25) is 6.39 Å². The summed E-state index contributed by atoms with van der Waals surface area (Å²) in [4.78, 5) is 8.24. The number of thioether (sulfide) groups is 1. The minimum absolute atomic E-state index is 0.0943. The Kier molecular flexibility index (Phi) is 4.09. The van der Waals surface area contributed by atoms with Crippen LogP contribution in [0.25, 0.3) is 11.4 Å². The van der Waals surface area contributed by atoms with Crippen molar-refractivity contribution >= 4 is 23.1 Å². The number of nitrogens with zero attached hydrogens (tertiary/aromatic N) is 6. The Morgan fingerprint density at radius 3 is 2.79 bits per heavy atom. The third-order valence-corrected chi connectivity index (χ3v) is 5.44. The van der Waals surface area contributed by atoms with Gasteiger partial charge in [-0.2, -0.15) is 16.3 Å². The van der Waals surface area contributed by atoms with Gasteiger partial charge in [0.15, 0.2) is 16.8 Å². The van der Waals surface area contributed by atoms with E-state index in [9.17, 15) is 0 Å². The largest absolute Gasteiger partial charge is 0.343 e. The summed E-state index contributed by atoms with van der Waals surface area (Å²) in [7, 11) is 1.94. The minimum Gasteiger partial charge on any atom is -0.343 e. The van der Waals surface area contributed by atoms with Gasteiger partial charge in [-0.15, -0.1) is 10.2 Å². The molecule has 1 unspecified atom stereocenters. The zero-order chi connectivity index (χ0) is 16.4. The first-order chi connectivity index (χ1) is 11.8. The molecule has 7 nitrogen and oxygen atoms in total. The normalized spacial score (nSPS) is 12.4. The lowest BCUT2D eigenvalue weighted by Gasteiger charge is -2.11. The Balaban J connectivity index is 1.68. The van der Waals surface area contributed by atoms with Gasteiger partial charge < -0.3 is 9.09 Å². The van der Waals surface area contributed by atoms with Crippen LogP contribution < -0.4 is 0 Å². The fourth-order valence-electron chi connectivity index (χ4n) is 2.26. The van der Waals surface area contributed by atoms with Crippen molar-refractivity contribution in [2.75, 3.05) is 0 Å². The molecule has 0 amide bonds. The number of rotatable bonds is 5. The SMILES string of the molecule is Cn1c(SC(c2ccsc2)c2ncon2)nnc1-c1ccncc1. The summed E-state index contributed by atoms with van der Waals surface area (Å²) in [6.07, 6.45) is 4.82. The first-order valence-corrected chi connectivity index (χ1v) is 8.90. The molecule has 0 aliphatic heterocycles. The van der Waals surface area contributed by atoms with Gasteiger partial charge in [-0.3, -0.25) is 4.98 Å². The highest BCUT2D eigenvalue weighted by molar-refractivity contribution is 7.99. The number of hydrogen-bond acceptors (Lipinski definition) is 8. The topological polar surface area (TPSA) is 82.5 Å². The van der Waals surface area contributed by atoms with Crippen LogP contribution in [-0.4, -0.2) is 29.9 Å². The molecule has 0 saturated heterocycles. The van der Waals surface area contributed by atoms with Crippen molar-refractivity contribution in [2.24, 2.45) is 7.05 Å². The summed E-state index contributed by atoms with van der Waals surface area (Å²) in [5.41, 5.74) is 2.08. The summed E-state index contributed by atoms with van der Waals surface area (Å²) < 4.78 is 6.87. The van der Waals surface area contributed by atoms with Gasteiger partial charge in [0.25, 0.3) is 0 Å². The van der Waals surface area contributed by atoms with E-state index in [0.717, 1.165) is 22.1 Å². The Morgan fingerprint density at radius 2 is 2.08 bits per heavy atom. The molecule has 1 atom stereocenters. The molecule has 0 fully saturated rings. The molecule has 0 aromatic carbocycles. The van der Waals surface area contributed by atoms with E-state index in [1.54, 1.807) is 35.5 Å². The number of aromatic nitrogens is 6. The van der Waals surface area contributed by atoms with Crippen molar-refractivity contribution in [1.82, 2.24) is 29.9 Å². The van der Waals surface area contributed by atoms with Crippen molar-refractivity contribution < 1.29 is 4.52 Å². The molecule has 24 heavy (non-hydrogen) atoms. The maximum Gasteiger partial charge on any atom is 0.213 e. The van der Waals surface area contributed by atoms with Crippen molar-refractivity contribution in [3.05, 3.63) is 59.1 Å². The highest BCUT2D eigenvalue weighted by Crippen LogP contribution is 2.39. The molecule has 120 valence electrons. The van der Waals surface area contributed by atoms with Crippen LogP contribution in [0, 0.1) is 0 Å². The van der Waals surface area contributed by atoms with Crippen molar-refractivity contribution in [3.63, 3.8) is 0 Å². The number of thiophene rings is 1. The summed E-state index contributed by atoms with van der Waals surface area (Å²) in [5, 5.41) is 17.4. The van der Waals surface area contributed by atoms with Crippen LogP contribution in [0.4, 0.5) is 0 Å². The highest BCUT2D eigenvalue weighted by Gasteiger charge is 2.24. The molecule has 0 aliphatic carbocycles. The second-order valence-corrected chi connectivity index (χ2v) is 6.80. The molecule has 0 radical (unpaired) electrons. The van der Waals surface area contributed by atoms with Crippen LogP contribution in [0.3, 0.4) is 0 Å². The monoisotopic (exact) mass is 356 g/mol. The van der Waals surface area contributed by atoms with E-state index in [2.05, 4.69) is 36.8 Å². The average molecular weight is 356 g/mol. The highest BCUT2D eigenvalue weighted by atomic mass is 32.2. The lowest BCUT2D eigenvalue weighted by molar-refractivity contribution is 0.411. The smallest absolute Gasteiger partial charge is 0.213 e. The minimum atomic E-state index is -0.0943. The van der Waals surface area contributed by atoms with Crippen LogP contribution in [0.15, 0.2) is 57.4 Å². The van der Waals surface area contributed by atoms with E-state index < -0.39 is 0 Å². The Morgan fingerprint density at radius 1 is 1.21 bits per heavy atom. The van der Waals surface area contributed by atoms with Crippen LogP contribution in [0.5, 0.6) is 0 Å². The molecule has 0 bridgehead atoms. The predicted octanol–water partition coefficient (Wildman–Crippen LogP) is 3.20. The van der Waals surface area contributed by atoms with Crippen molar-refractivity contribution in [3.8, 4) is 11.4 Å². The van der Waals surface area contributed by atoms with Crippen molar-refractivity contribution in [1.29, 1.82) is 0 Å². The molecule has 4 aromatic heterocycles. The first kappa shape index (κ1) is 15.0. The van der Waals surface area contributed by atoms with E-state index in [1.165, 1.54) is 6.39 Å². The Hall–Kier alpha value is -2.52. The van der Waals surface area contributed by atoms with E-state index in [-0.39, 0.29) is 5.25 Å². The molecule has 0 N–H and O–H groups in total. The summed E-state index contributed by atoms with van der Waals surface area (Å²) in [6, 6.07) is 5.88. The molecular weight excluding hydrogens is 344 g/mol. The summed E-state index contributed by atoms with van der Waals surface area (Å²) >= 11 is 3.17. The van der Waals surface area contributed by atoms with Crippen LogP contribution >= 0.6 is 23.1 Å². The van der Waals surface area contributed by atoms with Gasteiger partial charge in [-0.1, -0.05) is 16.9 Å². The molecule has 4 rings (SSSR count). The second-order valence-electron chi connectivity index (χ2n) is 4.95. The zero-order valence-electron chi connectivity index (χ0n) is 12.6. The molecule has 4 aromatic rings. The standard InChI is InChI=1S/C15H12N6OS2/c1-21-14(10-2-5-16-6-3-10)18-19-15(21)24-12(11-4-7-23-8-11)13-17-9-22-20-13/h2-9,12H,1H3. The zero-order valence-corrected chi connectivity index (χ0v) is 14.2. The maximum absolute atomic E-state index is 4.92. The molecular formula is C15H12N6OS2. The quantitative estimate of drug-likeness (QED) is 0.508. The van der Waals surface area contributed by atoms with E-state index >= 15 is 0 Å². The fourth-order valence-corrected chi connectivity index (χ4v) is 4.07. The average Bonchev–Trinajstić information content (AvgIpc) is 3.37. The summed E-state index contributed by atoms with van der Waals surface area (Å²) in [5.74, 6) is 1.41. The Bertz CT molecular complexity index is 871. The first-order valence-electron chi connectivity index (χ1n) is 7.08. The van der Waals surface area contributed by atoms with Crippen LogP contribution in [0.1, 0.15) is 16.6 Å².